The molecule has 0 radical (unpaired) electrons. The maximum Gasteiger partial charge on any atom is 0.243 e. The predicted octanol–water partition coefficient (Wildman–Crippen LogP) is 2.82. The Balaban J connectivity index is 2.10. The van der Waals surface area contributed by atoms with E-state index in [-0.39, 0.29) is 18.4 Å². The van der Waals surface area contributed by atoms with Gasteiger partial charge >= 0.3 is 0 Å². The predicted molar refractivity (Wildman–Crippen MR) is 117 cm³/mol. The van der Waals surface area contributed by atoms with Gasteiger partial charge in [0.25, 0.3) is 0 Å². The molecule has 2 aromatic carbocycles. The topological polar surface area (TPSA) is 56.7 Å². The van der Waals surface area contributed by atoms with Crippen molar-refractivity contribution in [2.45, 2.75) is 12.3 Å². The Kier molecular flexibility index (Phi) is 8.79. The van der Waals surface area contributed by atoms with Crippen LogP contribution in [0.25, 0.3) is 0 Å². The second-order valence-corrected chi connectivity index (χ2v) is 6.80. The molecule has 2 aromatic rings. The molecule has 28 heavy (non-hydrogen) atoms. The average Bonchev–Trinajstić information content (AvgIpc) is 2.73. The van der Waals surface area contributed by atoms with E-state index >= 15 is 0 Å². The van der Waals surface area contributed by atoms with Crippen LogP contribution in [0.3, 0.4) is 0 Å². The van der Waals surface area contributed by atoms with E-state index in [0.717, 1.165) is 6.42 Å². The van der Waals surface area contributed by atoms with Crippen LogP contribution < -0.4 is 10.6 Å². The van der Waals surface area contributed by atoms with E-state index in [1.54, 1.807) is 20.2 Å². The number of aliphatic imine (C=N–C) groups is 1. The number of hydrogen-bond donors (Lipinski definition) is 2. The van der Waals surface area contributed by atoms with E-state index in [2.05, 4.69) is 70.7 Å². The summed E-state index contributed by atoms with van der Waals surface area (Å²) in [5.41, 5.74) is 2.56. The van der Waals surface area contributed by atoms with Gasteiger partial charge in [-0.15, -0.1) is 6.58 Å². The van der Waals surface area contributed by atoms with E-state index < -0.39 is 0 Å². The summed E-state index contributed by atoms with van der Waals surface area (Å²) in [6.07, 6.45) is 2.69. The highest BCUT2D eigenvalue weighted by Gasteiger charge is 2.13. The van der Waals surface area contributed by atoms with Crippen LogP contribution in [0.5, 0.6) is 0 Å². The molecule has 0 aromatic heterocycles. The van der Waals surface area contributed by atoms with Crippen LogP contribution in [0.1, 0.15) is 17.0 Å². The molecule has 0 saturated heterocycles. The molecule has 0 aliphatic carbocycles. The van der Waals surface area contributed by atoms with Gasteiger partial charge < -0.3 is 15.5 Å². The third-order valence-electron chi connectivity index (χ3n) is 4.40. The van der Waals surface area contributed by atoms with Crippen molar-refractivity contribution >= 4 is 11.9 Å². The highest BCUT2D eigenvalue weighted by atomic mass is 16.2. The third kappa shape index (κ3) is 7.27. The SMILES string of the molecule is C=CCNC(=NCC(=O)N(C)C)NCC(Cc1ccccc1)c1ccccc1. The summed E-state index contributed by atoms with van der Waals surface area (Å²) >= 11 is 0. The molecular weight excluding hydrogens is 348 g/mol. The molecular formula is C23H30N4O. The highest BCUT2D eigenvalue weighted by molar-refractivity contribution is 5.84. The molecule has 2 rings (SSSR count). The van der Waals surface area contributed by atoms with Gasteiger partial charge in [-0.2, -0.15) is 0 Å². The molecule has 0 aliphatic heterocycles. The minimum absolute atomic E-state index is 0.0383. The van der Waals surface area contributed by atoms with Gasteiger partial charge in [-0.25, -0.2) is 4.99 Å². The summed E-state index contributed by atoms with van der Waals surface area (Å²) in [6.45, 7) is 5.13. The number of nitrogens with zero attached hydrogens (tertiary/aromatic N) is 2. The third-order valence-corrected chi connectivity index (χ3v) is 4.40. The van der Waals surface area contributed by atoms with E-state index in [1.807, 2.05) is 12.1 Å². The normalized spacial score (nSPS) is 12.1. The van der Waals surface area contributed by atoms with Gasteiger partial charge in [0, 0.05) is 33.1 Å². The molecule has 0 heterocycles. The maximum atomic E-state index is 11.9. The minimum Gasteiger partial charge on any atom is -0.356 e. The van der Waals surface area contributed by atoms with Gasteiger partial charge in [0.05, 0.1) is 0 Å². The lowest BCUT2D eigenvalue weighted by Crippen LogP contribution is -2.40. The Labute approximate surface area is 168 Å². The largest absolute Gasteiger partial charge is 0.356 e. The lowest BCUT2D eigenvalue weighted by Gasteiger charge is -2.20. The maximum absolute atomic E-state index is 11.9. The Hall–Kier alpha value is -3.08. The standard InChI is InChI=1S/C23H30N4O/c1-4-15-24-23(26-18-22(28)27(2)3)25-17-21(20-13-9-6-10-14-20)16-19-11-7-5-8-12-19/h4-14,21H,1,15-18H2,2-3H3,(H2,24,25,26). The number of carbonyl (C=O) groups excluding carboxylic acids is 1. The summed E-state index contributed by atoms with van der Waals surface area (Å²) in [5.74, 6) is 0.858. The molecule has 1 amide bonds. The monoisotopic (exact) mass is 378 g/mol. The van der Waals surface area contributed by atoms with Crippen molar-refractivity contribution in [3.05, 3.63) is 84.4 Å². The Morgan fingerprint density at radius 1 is 1.07 bits per heavy atom. The van der Waals surface area contributed by atoms with E-state index in [4.69, 9.17) is 0 Å². The van der Waals surface area contributed by atoms with Crippen molar-refractivity contribution in [1.29, 1.82) is 0 Å². The average molecular weight is 379 g/mol. The van der Waals surface area contributed by atoms with Crippen LogP contribution in [0.2, 0.25) is 0 Å². The van der Waals surface area contributed by atoms with Crippen LogP contribution in [0, 0.1) is 0 Å². The van der Waals surface area contributed by atoms with Crippen LogP contribution in [0.4, 0.5) is 0 Å². The number of hydrogen-bond acceptors (Lipinski definition) is 2. The van der Waals surface area contributed by atoms with Gasteiger partial charge in [-0.3, -0.25) is 4.79 Å². The molecule has 0 saturated carbocycles. The van der Waals surface area contributed by atoms with E-state index in [1.165, 1.54) is 16.0 Å². The zero-order valence-electron chi connectivity index (χ0n) is 16.8. The number of amides is 1. The van der Waals surface area contributed by atoms with Crippen LogP contribution in [0.15, 0.2) is 78.3 Å². The number of benzene rings is 2. The molecule has 0 aliphatic rings. The molecule has 1 atom stereocenters. The molecule has 0 fully saturated rings. The molecule has 5 heteroatoms. The Morgan fingerprint density at radius 3 is 2.32 bits per heavy atom. The first-order chi connectivity index (χ1) is 13.6. The van der Waals surface area contributed by atoms with Crippen molar-refractivity contribution < 1.29 is 4.79 Å². The second kappa shape index (κ2) is 11.6. The zero-order valence-corrected chi connectivity index (χ0v) is 16.8. The van der Waals surface area contributed by atoms with Crippen molar-refractivity contribution in [3.8, 4) is 0 Å². The number of carbonyl (C=O) groups is 1. The molecule has 2 N–H and O–H groups in total. The fraction of sp³-hybridized carbons (Fsp3) is 0.304. The van der Waals surface area contributed by atoms with Gasteiger partial charge in [-0.1, -0.05) is 66.7 Å². The zero-order chi connectivity index (χ0) is 20.2. The molecule has 5 nitrogen and oxygen atoms in total. The van der Waals surface area contributed by atoms with Crippen LogP contribution in [-0.4, -0.2) is 50.5 Å². The summed E-state index contributed by atoms with van der Waals surface area (Å²) < 4.78 is 0. The Morgan fingerprint density at radius 2 is 1.71 bits per heavy atom. The lowest BCUT2D eigenvalue weighted by atomic mass is 9.92. The van der Waals surface area contributed by atoms with Crippen LogP contribution in [-0.2, 0) is 11.2 Å². The summed E-state index contributed by atoms with van der Waals surface area (Å²) in [7, 11) is 3.46. The number of likely N-dealkylation sites (N-methyl/N-ethyl adjacent to an activating group) is 1. The van der Waals surface area contributed by atoms with Crippen molar-refractivity contribution in [1.82, 2.24) is 15.5 Å². The number of rotatable bonds is 9. The van der Waals surface area contributed by atoms with Crippen molar-refractivity contribution in [2.24, 2.45) is 4.99 Å². The fourth-order valence-corrected chi connectivity index (χ4v) is 2.78. The molecule has 0 bridgehead atoms. The Bertz CT molecular complexity index is 757. The van der Waals surface area contributed by atoms with E-state index in [0.29, 0.717) is 19.0 Å². The van der Waals surface area contributed by atoms with Crippen molar-refractivity contribution in [2.75, 3.05) is 33.7 Å². The van der Waals surface area contributed by atoms with Crippen molar-refractivity contribution in [3.63, 3.8) is 0 Å². The van der Waals surface area contributed by atoms with Gasteiger partial charge in [0.2, 0.25) is 5.91 Å². The first-order valence-corrected chi connectivity index (χ1v) is 9.52. The quantitative estimate of drug-likeness (QED) is 0.401. The smallest absolute Gasteiger partial charge is 0.243 e. The van der Waals surface area contributed by atoms with Gasteiger partial charge in [0.1, 0.15) is 6.54 Å². The number of guanidine groups is 1. The fourth-order valence-electron chi connectivity index (χ4n) is 2.78. The minimum atomic E-state index is -0.0383. The van der Waals surface area contributed by atoms with E-state index in [9.17, 15) is 4.79 Å². The van der Waals surface area contributed by atoms with Gasteiger partial charge in [-0.05, 0) is 17.5 Å². The molecule has 1 unspecified atom stereocenters. The number of nitrogens with one attached hydrogen (secondary N) is 2. The van der Waals surface area contributed by atoms with Crippen LogP contribution >= 0.6 is 0 Å². The molecule has 0 spiro atoms. The molecule has 148 valence electrons. The lowest BCUT2D eigenvalue weighted by molar-refractivity contribution is -0.127. The first-order valence-electron chi connectivity index (χ1n) is 9.52. The second-order valence-electron chi connectivity index (χ2n) is 6.80. The summed E-state index contributed by atoms with van der Waals surface area (Å²) in [4.78, 5) is 17.8. The van der Waals surface area contributed by atoms with Gasteiger partial charge in [0.15, 0.2) is 5.96 Å². The first kappa shape index (κ1) is 21.2. The summed E-state index contributed by atoms with van der Waals surface area (Å²) in [5, 5.41) is 6.57. The summed E-state index contributed by atoms with van der Waals surface area (Å²) in [6, 6.07) is 20.9. The highest BCUT2D eigenvalue weighted by Crippen LogP contribution is 2.20.